The molecule has 4 heteroatoms. The highest BCUT2D eigenvalue weighted by molar-refractivity contribution is 6.32. The van der Waals surface area contributed by atoms with Crippen LogP contribution in [0.3, 0.4) is 0 Å². The molecule has 0 saturated carbocycles. The van der Waals surface area contributed by atoms with Gasteiger partial charge < -0.3 is 9.47 Å². The Bertz CT molecular complexity index is 364. The second kappa shape index (κ2) is 6.24. The molecular formula is C13H17ClNO2. The van der Waals surface area contributed by atoms with Crippen LogP contribution in [-0.4, -0.2) is 44.4 Å². The zero-order chi connectivity index (χ0) is 12.1. The van der Waals surface area contributed by atoms with E-state index in [1.807, 2.05) is 18.2 Å². The Labute approximate surface area is 107 Å². The third-order valence-electron chi connectivity index (χ3n) is 2.76. The maximum absolute atomic E-state index is 6.03. The predicted octanol–water partition coefficient (Wildman–Crippen LogP) is 2.23. The lowest BCUT2D eigenvalue weighted by atomic mass is 10.2. The second-order valence-corrected chi connectivity index (χ2v) is 4.47. The molecule has 93 valence electrons. The minimum atomic E-state index is 0.638. The van der Waals surface area contributed by atoms with Crippen LogP contribution in [0.5, 0.6) is 5.75 Å². The van der Waals surface area contributed by atoms with Crippen molar-refractivity contribution in [2.45, 2.75) is 0 Å². The molecule has 1 saturated heterocycles. The lowest BCUT2D eigenvalue weighted by molar-refractivity contribution is 0.0322. The monoisotopic (exact) mass is 254 g/mol. The number of nitrogens with zero attached hydrogens (tertiary/aromatic N) is 1. The van der Waals surface area contributed by atoms with Gasteiger partial charge in [0.1, 0.15) is 12.4 Å². The van der Waals surface area contributed by atoms with Gasteiger partial charge in [-0.2, -0.15) is 0 Å². The normalized spacial score (nSPS) is 17.1. The van der Waals surface area contributed by atoms with E-state index >= 15 is 0 Å². The van der Waals surface area contributed by atoms with Gasteiger partial charge in [0, 0.05) is 19.6 Å². The van der Waals surface area contributed by atoms with Gasteiger partial charge in [-0.05, 0) is 24.6 Å². The van der Waals surface area contributed by atoms with Gasteiger partial charge >= 0.3 is 0 Å². The highest BCUT2D eigenvalue weighted by Crippen LogP contribution is 2.25. The summed E-state index contributed by atoms with van der Waals surface area (Å²) in [6.07, 6.45) is 0. The van der Waals surface area contributed by atoms with Crippen molar-refractivity contribution in [1.29, 1.82) is 0 Å². The predicted molar refractivity (Wildman–Crippen MR) is 68.7 cm³/mol. The van der Waals surface area contributed by atoms with E-state index < -0.39 is 0 Å². The fraction of sp³-hybridized carbons (Fsp3) is 0.462. The van der Waals surface area contributed by atoms with Crippen LogP contribution >= 0.6 is 11.6 Å². The van der Waals surface area contributed by atoms with E-state index in [9.17, 15) is 0 Å². The summed E-state index contributed by atoms with van der Waals surface area (Å²) in [6.45, 7) is 8.99. The van der Waals surface area contributed by atoms with Crippen LogP contribution in [0, 0.1) is 6.92 Å². The highest BCUT2D eigenvalue weighted by Gasteiger charge is 2.10. The molecule has 0 aliphatic carbocycles. The summed E-state index contributed by atoms with van der Waals surface area (Å²) in [5.74, 6) is 0.715. The molecule has 0 aromatic heterocycles. The number of morpholine rings is 1. The molecule has 1 aromatic rings. The fourth-order valence-electron chi connectivity index (χ4n) is 1.77. The van der Waals surface area contributed by atoms with Crippen LogP contribution < -0.4 is 4.74 Å². The molecular weight excluding hydrogens is 238 g/mol. The van der Waals surface area contributed by atoms with E-state index in [4.69, 9.17) is 21.1 Å². The van der Waals surface area contributed by atoms with Crippen LogP contribution in [0.4, 0.5) is 0 Å². The van der Waals surface area contributed by atoms with Crippen LogP contribution in [0.25, 0.3) is 0 Å². The van der Waals surface area contributed by atoms with E-state index in [1.54, 1.807) is 0 Å². The van der Waals surface area contributed by atoms with Gasteiger partial charge in [-0.3, -0.25) is 4.90 Å². The van der Waals surface area contributed by atoms with Crippen molar-refractivity contribution in [2.75, 3.05) is 39.5 Å². The first-order valence-electron chi connectivity index (χ1n) is 5.80. The lowest BCUT2D eigenvalue weighted by Crippen LogP contribution is -2.38. The molecule has 0 N–H and O–H groups in total. The third kappa shape index (κ3) is 3.87. The van der Waals surface area contributed by atoms with Gasteiger partial charge in [-0.1, -0.05) is 17.7 Å². The molecule has 1 radical (unpaired) electrons. The average Bonchev–Trinajstić information content (AvgIpc) is 2.35. The summed E-state index contributed by atoms with van der Waals surface area (Å²) in [5, 5.41) is 0.638. The summed E-state index contributed by atoms with van der Waals surface area (Å²) in [6, 6.07) is 5.55. The molecule has 0 bridgehead atoms. The molecule has 1 heterocycles. The summed E-state index contributed by atoms with van der Waals surface area (Å²) in [4.78, 5) is 2.32. The van der Waals surface area contributed by atoms with Gasteiger partial charge in [-0.25, -0.2) is 0 Å². The Morgan fingerprint density at radius 1 is 1.35 bits per heavy atom. The van der Waals surface area contributed by atoms with Crippen molar-refractivity contribution >= 4 is 11.6 Å². The zero-order valence-electron chi connectivity index (χ0n) is 9.82. The van der Waals surface area contributed by atoms with Crippen molar-refractivity contribution in [3.63, 3.8) is 0 Å². The molecule has 1 aliphatic heterocycles. The molecule has 1 aromatic carbocycles. The fourth-order valence-corrected chi connectivity index (χ4v) is 1.94. The number of hydrogen-bond donors (Lipinski definition) is 0. The molecule has 0 unspecified atom stereocenters. The maximum atomic E-state index is 6.03. The number of ether oxygens (including phenoxy) is 2. The highest BCUT2D eigenvalue weighted by atomic mass is 35.5. The smallest absolute Gasteiger partial charge is 0.138 e. The van der Waals surface area contributed by atoms with E-state index in [2.05, 4.69) is 11.8 Å². The largest absolute Gasteiger partial charge is 0.491 e. The van der Waals surface area contributed by atoms with Crippen molar-refractivity contribution in [2.24, 2.45) is 0 Å². The number of benzene rings is 1. The minimum absolute atomic E-state index is 0.638. The topological polar surface area (TPSA) is 21.7 Å². The van der Waals surface area contributed by atoms with Crippen LogP contribution in [0.15, 0.2) is 18.2 Å². The SMILES string of the molecule is [CH2]c1ccc(Cl)c(OCCN2CCOCC2)c1. The summed E-state index contributed by atoms with van der Waals surface area (Å²) in [7, 11) is 0. The van der Waals surface area contributed by atoms with Crippen molar-refractivity contribution in [1.82, 2.24) is 4.90 Å². The minimum Gasteiger partial charge on any atom is -0.491 e. The summed E-state index contributed by atoms with van der Waals surface area (Å²) < 4.78 is 11.0. The van der Waals surface area contributed by atoms with Crippen LogP contribution in [0.2, 0.25) is 5.02 Å². The number of halogens is 1. The first-order chi connectivity index (χ1) is 8.25. The molecule has 1 aliphatic rings. The van der Waals surface area contributed by atoms with Gasteiger partial charge in [0.05, 0.1) is 18.2 Å². The van der Waals surface area contributed by atoms with E-state index in [1.165, 1.54) is 0 Å². The van der Waals surface area contributed by atoms with Crippen molar-refractivity contribution in [3.8, 4) is 5.75 Å². The van der Waals surface area contributed by atoms with Crippen LogP contribution in [-0.2, 0) is 4.74 Å². The first-order valence-corrected chi connectivity index (χ1v) is 6.18. The Kier molecular flexibility index (Phi) is 4.66. The number of rotatable bonds is 4. The zero-order valence-corrected chi connectivity index (χ0v) is 10.6. The quantitative estimate of drug-likeness (QED) is 0.823. The van der Waals surface area contributed by atoms with Crippen molar-refractivity contribution in [3.05, 3.63) is 35.7 Å². The number of hydrogen-bond acceptors (Lipinski definition) is 3. The Hall–Kier alpha value is -0.770. The Morgan fingerprint density at radius 3 is 2.88 bits per heavy atom. The third-order valence-corrected chi connectivity index (χ3v) is 3.08. The van der Waals surface area contributed by atoms with Gasteiger partial charge in [0.2, 0.25) is 0 Å². The van der Waals surface area contributed by atoms with E-state index in [0.717, 1.165) is 38.4 Å². The van der Waals surface area contributed by atoms with Gasteiger partial charge in [-0.15, -0.1) is 0 Å². The molecule has 1 fully saturated rings. The molecule has 0 amide bonds. The summed E-state index contributed by atoms with van der Waals surface area (Å²) in [5.41, 5.74) is 0.913. The lowest BCUT2D eigenvalue weighted by Gasteiger charge is -2.26. The molecule has 2 rings (SSSR count). The summed E-state index contributed by atoms with van der Waals surface area (Å²) >= 11 is 6.03. The van der Waals surface area contributed by atoms with Crippen molar-refractivity contribution < 1.29 is 9.47 Å². The standard InChI is InChI=1S/C13H17ClNO2/c1-11-2-3-12(14)13(10-11)17-9-6-15-4-7-16-8-5-15/h2-3,10H,1,4-9H2. The molecule has 0 spiro atoms. The molecule has 3 nitrogen and oxygen atoms in total. The van der Waals surface area contributed by atoms with E-state index in [0.29, 0.717) is 17.4 Å². The Morgan fingerprint density at radius 2 is 2.12 bits per heavy atom. The first kappa shape index (κ1) is 12.7. The van der Waals surface area contributed by atoms with Gasteiger partial charge in [0.15, 0.2) is 0 Å². The Balaban J connectivity index is 1.79. The second-order valence-electron chi connectivity index (χ2n) is 4.07. The average molecular weight is 255 g/mol. The van der Waals surface area contributed by atoms with Crippen LogP contribution in [0.1, 0.15) is 5.56 Å². The molecule has 17 heavy (non-hydrogen) atoms. The molecule has 0 atom stereocenters. The maximum Gasteiger partial charge on any atom is 0.138 e. The van der Waals surface area contributed by atoms with E-state index in [-0.39, 0.29) is 0 Å². The van der Waals surface area contributed by atoms with Gasteiger partial charge in [0.25, 0.3) is 0 Å².